The molecule has 0 aliphatic heterocycles. The number of ether oxygens (including phenoxy) is 3. The Morgan fingerprint density at radius 3 is 2.15 bits per heavy atom. The molecule has 47 heavy (non-hydrogen) atoms. The van der Waals surface area contributed by atoms with Gasteiger partial charge in [0.25, 0.3) is 0 Å². The predicted molar refractivity (Wildman–Crippen MR) is 187 cm³/mol. The van der Waals surface area contributed by atoms with Gasteiger partial charge in [-0.15, -0.1) is 0 Å². The van der Waals surface area contributed by atoms with Crippen LogP contribution in [0.3, 0.4) is 0 Å². The lowest BCUT2D eigenvalue weighted by molar-refractivity contribution is -0.127. The zero-order valence-electron chi connectivity index (χ0n) is 28.2. The zero-order chi connectivity index (χ0) is 34.1. The van der Waals surface area contributed by atoms with Crippen LogP contribution < -0.4 is 24.8 Å². The third-order valence-electron chi connectivity index (χ3n) is 8.07. The van der Waals surface area contributed by atoms with E-state index in [1.54, 1.807) is 20.3 Å². The Morgan fingerprint density at radius 2 is 1.45 bits per heavy atom. The summed E-state index contributed by atoms with van der Waals surface area (Å²) in [6.07, 6.45) is 1.31. The molecule has 3 N–H and O–H groups in total. The van der Waals surface area contributed by atoms with Gasteiger partial charge in [-0.3, -0.25) is 4.79 Å². The van der Waals surface area contributed by atoms with E-state index in [4.69, 9.17) is 14.2 Å². The van der Waals surface area contributed by atoms with Crippen molar-refractivity contribution in [2.24, 2.45) is 11.8 Å². The van der Waals surface area contributed by atoms with E-state index in [0.717, 1.165) is 16.9 Å². The maximum Gasteiger partial charge on any atom is 0.223 e. The van der Waals surface area contributed by atoms with E-state index in [1.165, 1.54) is 0 Å². The van der Waals surface area contributed by atoms with Crippen molar-refractivity contribution in [2.75, 3.05) is 38.9 Å². The second-order valence-electron chi connectivity index (χ2n) is 12.3. The minimum atomic E-state index is -3.32. The molecule has 1 unspecified atom stereocenters. The number of aliphatic hydroxyl groups excluding tert-OH is 1. The van der Waals surface area contributed by atoms with E-state index >= 15 is 0 Å². The number of hydrogen-bond donors (Lipinski definition) is 3. The van der Waals surface area contributed by atoms with Crippen LogP contribution in [0.25, 0.3) is 0 Å². The van der Waals surface area contributed by atoms with Crippen molar-refractivity contribution in [3.8, 4) is 17.2 Å². The van der Waals surface area contributed by atoms with Gasteiger partial charge in [-0.2, -0.15) is 0 Å². The number of amides is 1. The molecule has 258 valence electrons. The minimum absolute atomic E-state index is 0.0669. The molecule has 0 aliphatic carbocycles. The Bertz CT molecular complexity index is 1450. The topological polar surface area (TPSA) is 123 Å². The monoisotopic (exact) mass is 668 g/mol. The molecule has 1 amide bonds. The molecule has 0 bridgehead atoms. The lowest BCUT2D eigenvalue weighted by Crippen LogP contribution is -2.50. The number of rotatable bonds is 22. The number of carbonyl (C=O) groups excluding carboxylic acids is 1. The summed E-state index contributed by atoms with van der Waals surface area (Å²) < 4.78 is 42.2. The summed E-state index contributed by atoms with van der Waals surface area (Å²) in [5.41, 5.74) is 1.99. The molecule has 0 saturated carbocycles. The third-order valence-corrected chi connectivity index (χ3v) is 9.78. The van der Waals surface area contributed by atoms with E-state index in [-0.39, 0.29) is 36.3 Å². The van der Waals surface area contributed by atoms with Gasteiger partial charge < -0.3 is 30.0 Å². The molecule has 0 fully saturated rings. The van der Waals surface area contributed by atoms with Gasteiger partial charge >= 0.3 is 0 Å². The van der Waals surface area contributed by atoms with E-state index in [2.05, 4.69) is 10.6 Å². The van der Waals surface area contributed by atoms with Crippen LogP contribution in [0.4, 0.5) is 0 Å². The summed E-state index contributed by atoms with van der Waals surface area (Å²) in [6.45, 7) is 5.12. The molecule has 0 radical (unpaired) electrons. The molecule has 9 nitrogen and oxygen atoms in total. The second kappa shape index (κ2) is 19.9. The molecule has 3 rings (SSSR count). The van der Waals surface area contributed by atoms with Crippen LogP contribution in [0.1, 0.15) is 50.7 Å². The number of aliphatic hydroxyl groups is 1. The molecule has 0 aliphatic rings. The van der Waals surface area contributed by atoms with Gasteiger partial charge in [0.15, 0.2) is 0 Å². The van der Waals surface area contributed by atoms with Gasteiger partial charge in [0.2, 0.25) is 5.91 Å². The molecule has 0 aromatic heterocycles. The smallest absolute Gasteiger partial charge is 0.223 e. The highest BCUT2D eigenvalue weighted by Crippen LogP contribution is 2.21. The van der Waals surface area contributed by atoms with Crippen LogP contribution in [0.5, 0.6) is 17.2 Å². The fourth-order valence-electron chi connectivity index (χ4n) is 5.20. The van der Waals surface area contributed by atoms with E-state index in [0.29, 0.717) is 50.3 Å². The van der Waals surface area contributed by atoms with Gasteiger partial charge in [-0.05, 0) is 73.4 Å². The molecule has 3 atom stereocenters. The Hall–Kier alpha value is -3.60. The third kappa shape index (κ3) is 14.4. The average Bonchev–Trinajstić information content (AvgIpc) is 3.07. The van der Waals surface area contributed by atoms with Gasteiger partial charge in [0.05, 0.1) is 44.5 Å². The Kier molecular flexibility index (Phi) is 16.0. The fraction of sp³-hybridized carbons (Fsp3) is 0.486. The summed E-state index contributed by atoms with van der Waals surface area (Å²) in [5.74, 6) is 1.59. The average molecular weight is 669 g/mol. The highest BCUT2D eigenvalue weighted by molar-refractivity contribution is 7.91. The molecule has 0 saturated heterocycles. The van der Waals surface area contributed by atoms with Crippen LogP contribution in [0.15, 0.2) is 78.9 Å². The van der Waals surface area contributed by atoms with Crippen molar-refractivity contribution in [2.45, 2.75) is 64.6 Å². The number of benzene rings is 3. The van der Waals surface area contributed by atoms with Crippen molar-refractivity contribution < 1.29 is 32.5 Å². The SMILES string of the molecule is COc1cccc(CNC[C@@H](O)[C@H](Cc2ccccc2)NC(=O)C(CCCOc2cccc(OC)c2)CCS(=O)(=O)CCC(C)C)c1. The van der Waals surface area contributed by atoms with Crippen molar-refractivity contribution >= 4 is 15.7 Å². The lowest BCUT2D eigenvalue weighted by atomic mass is 9.96. The summed E-state index contributed by atoms with van der Waals surface area (Å²) in [7, 11) is -0.103. The van der Waals surface area contributed by atoms with Gasteiger partial charge in [0.1, 0.15) is 27.1 Å². The first-order valence-electron chi connectivity index (χ1n) is 16.4. The summed E-state index contributed by atoms with van der Waals surface area (Å²) >= 11 is 0. The highest BCUT2D eigenvalue weighted by Gasteiger charge is 2.27. The normalized spacial score (nSPS) is 13.5. The van der Waals surface area contributed by atoms with Gasteiger partial charge in [-0.1, -0.05) is 62.4 Å². The Labute approximate surface area is 281 Å². The Morgan fingerprint density at radius 1 is 0.809 bits per heavy atom. The largest absolute Gasteiger partial charge is 0.497 e. The summed E-state index contributed by atoms with van der Waals surface area (Å²) in [6, 6.07) is 24.1. The number of hydrogen-bond acceptors (Lipinski definition) is 8. The molecule has 0 heterocycles. The maximum atomic E-state index is 13.8. The van der Waals surface area contributed by atoms with Crippen molar-refractivity contribution in [1.29, 1.82) is 0 Å². The highest BCUT2D eigenvalue weighted by atomic mass is 32.2. The first-order valence-corrected chi connectivity index (χ1v) is 18.2. The van der Waals surface area contributed by atoms with Crippen molar-refractivity contribution in [3.63, 3.8) is 0 Å². The van der Waals surface area contributed by atoms with Crippen LogP contribution in [0, 0.1) is 11.8 Å². The standard InChI is InChI=1S/C37H52N2O7S/c1-28(2)18-21-47(42,43)22-19-31(14-10-20-46-34-17-9-16-33(25-34)45-4)37(41)39-35(24-29-11-6-5-7-12-29)36(40)27-38-26-30-13-8-15-32(23-30)44-3/h5-9,11-13,15-17,23,25,28,31,35-36,38,40H,10,14,18-22,24,26-27H2,1-4H3,(H,39,41)/t31?,35-,36+/m0/s1. The van der Waals surface area contributed by atoms with Crippen LogP contribution in [-0.2, 0) is 27.6 Å². The molecule has 3 aromatic rings. The quantitative estimate of drug-likeness (QED) is 0.125. The van der Waals surface area contributed by atoms with Crippen LogP contribution in [-0.4, -0.2) is 70.5 Å². The second-order valence-corrected chi connectivity index (χ2v) is 14.6. The van der Waals surface area contributed by atoms with Crippen molar-refractivity contribution in [3.05, 3.63) is 90.0 Å². The van der Waals surface area contributed by atoms with Crippen LogP contribution in [0.2, 0.25) is 0 Å². The molecule has 3 aromatic carbocycles. The predicted octanol–water partition coefficient (Wildman–Crippen LogP) is 5.21. The number of methoxy groups -OCH3 is 2. The number of sulfone groups is 1. The zero-order valence-corrected chi connectivity index (χ0v) is 29.0. The molecular weight excluding hydrogens is 616 g/mol. The Balaban J connectivity index is 1.69. The molecule has 10 heteroatoms. The number of nitrogens with one attached hydrogen (secondary N) is 2. The van der Waals surface area contributed by atoms with Gasteiger partial charge in [0, 0.05) is 25.1 Å². The lowest BCUT2D eigenvalue weighted by Gasteiger charge is -2.27. The van der Waals surface area contributed by atoms with Crippen LogP contribution >= 0.6 is 0 Å². The first kappa shape index (κ1) is 37.9. The summed E-state index contributed by atoms with van der Waals surface area (Å²) in [5, 5.41) is 17.7. The minimum Gasteiger partial charge on any atom is -0.497 e. The van der Waals surface area contributed by atoms with Gasteiger partial charge in [-0.25, -0.2) is 8.42 Å². The van der Waals surface area contributed by atoms with E-state index in [1.807, 2.05) is 86.6 Å². The fourth-order valence-corrected chi connectivity index (χ4v) is 6.88. The summed E-state index contributed by atoms with van der Waals surface area (Å²) in [4.78, 5) is 13.8. The van der Waals surface area contributed by atoms with Crippen molar-refractivity contribution in [1.82, 2.24) is 10.6 Å². The van der Waals surface area contributed by atoms with E-state index < -0.39 is 27.9 Å². The molecular formula is C37H52N2O7S. The molecule has 0 spiro atoms. The maximum absolute atomic E-state index is 13.8. The number of carbonyl (C=O) groups is 1. The van der Waals surface area contributed by atoms with E-state index in [9.17, 15) is 18.3 Å². The first-order chi connectivity index (χ1) is 22.6.